The summed E-state index contributed by atoms with van der Waals surface area (Å²) < 4.78 is 0. The minimum atomic E-state index is -0.421. The van der Waals surface area contributed by atoms with Crippen molar-refractivity contribution in [3.05, 3.63) is 0 Å². The summed E-state index contributed by atoms with van der Waals surface area (Å²) in [4.78, 5) is 0. The van der Waals surface area contributed by atoms with E-state index in [2.05, 4.69) is 26.1 Å². The second kappa shape index (κ2) is 3.52. The van der Waals surface area contributed by atoms with Crippen molar-refractivity contribution in [2.75, 3.05) is 13.2 Å². The van der Waals surface area contributed by atoms with Gasteiger partial charge in [0.05, 0.1) is 12.3 Å². The lowest BCUT2D eigenvalue weighted by molar-refractivity contribution is 0.150. The first-order valence-electron chi connectivity index (χ1n) is 3.96. The topological polar surface area (TPSA) is 58.3 Å². The van der Waals surface area contributed by atoms with Gasteiger partial charge in [-0.1, -0.05) is 20.8 Å². The molecule has 0 aliphatic heterocycles. The highest BCUT2D eigenvalue weighted by Gasteiger charge is 2.32. The fourth-order valence-corrected chi connectivity index (χ4v) is 0.581. The van der Waals surface area contributed by atoms with Crippen LogP contribution in [0.25, 0.3) is 0 Å². The Balaban J connectivity index is 4.00. The molecule has 0 saturated heterocycles. The average Bonchev–Trinajstić information content (AvgIpc) is 1.81. The van der Waals surface area contributed by atoms with Gasteiger partial charge in [0.1, 0.15) is 0 Å². The van der Waals surface area contributed by atoms with Crippen molar-refractivity contribution in [1.29, 1.82) is 0 Å². The van der Waals surface area contributed by atoms with Crippen molar-refractivity contribution in [3.63, 3.8) is 0 Å². The van der Waals surface area contributed by atoms with E-state index in [-0.39, 0.29) is 12.0 Å². The summed E-state index contributed by atoms with van der Waals surface area (Å²) in [6.07, 6.45) is 0. The van der Waals surface area contributed by atoms with Crippen LogP contribution in [0.5, 0.6) is 0 Å². The Kier molecular flexibility index (Phi) is 3.48. The molecule has 0 aliphatic rings. The van der Waals surface area contributed by atoms with Crippen LogP contribution in [0, 0.1) is 5.41 Å². The maximum atomic E-state index is 8.58. The van der Waals surface area contributed by atoms with Gasteiger partial charge in [-0.05, 0) is 12.3 Å². The molecule has 0 bridgehead atoms. The number of nitrogens with two attached hydrogens (primary N) is 1. The van der Waals surface area contributed by atoms with Crippen LogP contribution in [0.4, 0.5) is 0 Å². The van der Waals surface area contributed by atoms with E-state index in [9.17, 15) is 0 Å². The summed E-state index contributed by atoms with van der Waals surface area (Å²) in [5.41, 5.74) is 5.54. The third-order valence-electron chi connectivity index (χ3n) is 2.16. The molecule has 3 heteroatoms. The van der Waals surface area contributed by atoms with Crippen molar-refractivity contribution in [3.8, 4) is 0 Å². The highest BCUT2D eigenvalue weighted by Crippen LogP contribution is 2.24. The first kappa shape index (κ1) is 10.9. The highest BCUT2D eigenvalue weighted by atomic mass is 16.3. The molecule has 0 heterocycles. The number of rotatable bonds is 3. The number of aliphatic hydroxyl groups is 1. The molecule has 0 aliphatic carbocycles. The molecular weight excluding hydrogens is 140 g/mol. The van der Waals surface area contributed by atoms with Gasteiger partial charge in [0.2, 0.25) is 0 Å². The van der Waals surface area contributed by atoms with E-state index in [1.54, 1.807) is 0 Å². The van der Waals surface area contributed by atoms with E-state index >= 15 is 0 Å². The van der Waals surface area contributed by atoms with Crippen LogP contribution < -0.4 is 11.1 Å². The maximum absolute atomic E-state index is 8.58. The molecule has 0 amide bonds. The van der Waals surface area contributed by atoms with Crippen LogP contribution in [0.3, 0.4) is 0 Å². The minimum Gasteiger partial charge on any atom is -0.395 e. The third kappa shape index (κ3) is 3.18. The van der Waals surface area contributed by atoms with Gasteiger partial charge in [-0.15, -0.1) is 0 Å². The van der Waals surface area contributed by atoms with Gasteiger partial charge >= 0.3 is 0 Å². The lowest BCUT2D eigenvalue weighted by Gasteiger charge is -2.39. The molecule has 0 aromatic rings. The van der Waals surface area contributed by atoms with Crippen molar-refractivity contribution >= 4 is 0 Å². The van der Waals surface area contributed by atoms with Gasteiger partial charge in [-0.2, -0.15) is 0 Å². The Morgan fingerprint density at radius 1 is 1.27 bits per heavy atom. The van der Waals surface area contributed by atoms with E-state index < -0.39 is 5.66 Å². The lowest BCUT2D eigenvalue weighted by atomic mass is 9.82. The van der Waals surface area contributed by atoms with Crippen molar-refractivity contribution in [1.82, 2.24) is 5.32 Å². The van der Waals surface area contributed by atoms with Gasteiger partial charge < -0.3 is 10.8 Å². The molecule has 0 aromatic carbocycles. The van der Waals surface area contributed by atoms with Crippen molar-refractivity contribution in [2.45, 2.75) is 33.4 Å². The molecular formula is C8H20N2O. The van der Waals surface area contributed by atoms with E-state index in [1.807, 2.05) is 6.92 Å². The molecule has 1 unspecified atom stereocenters. The smallest absolute Gasteiger partial charge is 0.0683 e. The summed E-state index contributed by atoms with van der Waals surface area (Å²) in [7, 11) is 0. The molecule has 0 radical (unpaired) electrons. The Morgan fingerprint density at radius 2 is 1.73 bits per heavy atom. The zero-order chi connectivity index (χ0) is 9.12. The van der Waals surface area contributed by atoms with Gasteiger partial charge in [0.15, 0.2) is 0 Å². The van der Waals surface area contributed by atoms with E-state index in [0.29, 0.717) is 6.54 Å². The van der Waals surface area contributed by atoms with Gasteiger partial charge in [-0.3, -0.25) is 5.32 Å². The Labute approximate surface area is 69.0 Å². The minimum absolute atomic E-state index is 0.00215. The average molecular weight is 160 g/mol. The molecule has 0 rings (SSSR count). The summed E-state index contributed by atoms with van der Waals surface area (Å²) >= 11 is 0. The predicted molar refractivity (Wildman–Crippen MR) is 47.1 cm³/mol. The normalized spacial score (nSPS) is 18.0. The summed E-state index contributed by atoms with van der Waals surface area (Å²) in [6, 6.07) is 0. The molecule has 68 valence electrons. The van der Waals surface area contributed by atoms with Crippen LogP contribution in [-0.2, 0) is 0 Å². The fourth-order valence-electron chi connectivity index (χ4n) is 0.581. The van der Waals surface area contributed by atoms with E-state index in [4.69, 9.17) is 10.8 Å². The molecule has 3 nitrogen and oxygen atoms in total. The van der Waals surface area contributed by atoms with Crippen LogP contribution in [0.1, 0.15) is 27.7 Å². The molecule has 4 N–H and O–H groups in total. The molecule has 11 heavy (non-hydrogen) atoms. The van der Waals surface area contributed by atoms with E-state index in [1.165, 1.54) is 0 Å². The van der Waals surface area contributed by atoms with Crippen molar-refractivity contribution in [2.24, 2.45) is 11.1 Å². The number of aliphatic hydroxyl groups excluding tert-OH is 1. The summed E-state index contributed by atoms with van der Waals surface area (Å²) in [5, 5.41) is 11.7. The van der Waals surface area contributed by atoms with Crippen LogP contribution in [0.15, 0.2) is 0 Å². The highest BCUT2D eigenvalue weighted by molar-refractivity contribution is 4.88. The van der Waals surface area contributed by atoms with Gasteiger partial charge in [0, 0.05) is 6.54 Å². The first-order chi connectivity index (χ1) is 4.81. The Morgan fingerprint density at radius 3 is 2.00 bits per heavy atom. The second-order valence-corrected chi connectivity index (χ2v) is 4.10. The largest absolute Gasteiger partial charge is 0.395 e. The SMILES string of the molecule is CC(C)(C)C(C)(N)NCCO. The Bertz CT molecular complexity index is 116. The molecule has 0 saturated carbocycles. The van der Waals surface area contributed by atoms with E-state index in [0.717, 1.165) is 0 Å². The van der Waals surface area contributed by atoms with Gasteiger partial charge in [0.25, 0.3) is 0 Å². The molecule has 1 atom stereocenters. The molecule has 0 fully saturated rings. The quantitative estimate of drug-likeness (QED) is 0.520. The number of hydrogen-bond donors (Lipinski definition) is 3. The summed E-state index contributed by atoms with van der Waals surface area (Å²) in [5.74, 6) is 0. The van der Waals surface area contributed by atoms with Crippen LogP contribution in [0.2, 0.25) is 0 Å². The predicted octanol–water partition coefficient (Wildman–Crippen LogP) is 0.289. The van der Waals surface area contributed by atoms with Crippen molar-refractivity contribution < 1.29 is 5.11 Å². The second-order valence-electron chi connectivity index (χ2n) is 4.10. The van der Waals surface area contributed by atoms with Crippen LogP contribution >= 0.6 is 0 Å². The molecule has 0 spiro atoms. The number of nitrogens with one attached hydrogen (secondary N) is 1. The first-order valence-corrected chi connectivity index (χ1v) is 3.96. The zero-order valence-corrected chi connectivity index (χ0v) is 7.94. The number of hydrogen-bond acceptors (Lipinski definition) is 3. The van der Waals surface area contributed by atoms with Gasteiger partial charge in [-0.25, -0.2) is 0 Å². The summed E-state index contributed by atoms with van der Waals surface area (Å²) in [6.45, 7) is 8.81. The maximum Gasteiger partial charge on any atom is 0.0683 e. The van der Waals surface area contributed by atoms with Crippen LogP contribution in [-0.4, -0.2) is 23.9 Å². The Hall–Kier alpha value is -0.120. The monoisotopic (exact) mass is 160 g/mol. The third-order valence-corrected chi connectivity index (χ3v) is 2.16. The standard InChI is InChI=1S/C8H20N2O/c1-7(2,3)8(4,9)10-5-6-11/h10-11H,5-6,9H2,1-4H3. The lowest BCUT2D eigenvalue weighted by Crippen LogP contribution is -2.60. The molecule has 0 aromatic heterocycles. The zero-order valence-electron chi connectivity index (χ0n) is 7.94. The fraction of sp³-hybridized carbons (Fsp3) is 1.00.